The van der Waals surface area contributed by atoms with E-state index >= 15 is 0 Å². The Balaban J connectivity index is 2.45. The van der Waals surface area contributed by atoms with Gasteiger partial charge in [-0.25, -0.2) is 5.01 Å². The molecule has 0 saturated heterocycles. The minimum Gasteiger partial charge on any atom is -0.289 e. The Morgan fingerprint density at radius 3 is 2.32 bits per heavy atom. The fraction of sp³-hybridized carbons (Fsp3) is 0.133. The molecule has 0 amide bonds. The smallest absolute Gasteiger partial charge is 0.195 e. The van der Waals surface area contributed by atoms with E-state index in [1.54, 1.807) is 36.4 Å². The summed E-state index contributed by atoms with van der Waals surface area (Å²) in [5, 5.41) is 4.22. The molecule has 2 rings (SSSR count). The van der Waals surface area contributed by atoms with Crippen LogP contribution in [0.5, 0.6) is 0 Å². The van der Waals surface area contributed by atoms with Gasteiger partial charge in [0.1, 0.15) is 0 Å². The molecule has 0 bridgehead atoms. The maximum absolute atomic E-state index is 12.4. The van der Waals surface area contributed by atoms with Crippen molar-refractivity contribution in [3.8, 4) is 0 Å². The Hall–Kier alpha value is -2.49. The number of benzene rings is 2. The average Bonchev–Trinajstić information content (AvgIpc) is 2.49. The van der Waals surface area contributed by atoms with Crippen LogP contribution >= 0.6 is 0 Å². The topological polar surface area (TPSA) is 49.7 Å². The summed E-state index contributed by atoms with van der Waals surface area (Å²) in [6, 6.07) is 16.0. The van der Waals surface area contributed by atoms with Crippen LogP contribution in [-0.2, 0) is 0 Å². The van der Waals surface area contributed by atoms with Gasteiger partial charge in [-0.15, -0.1) is 4.91 Å². The number of para-hydroxylation sites is 1. The minimum atomic E-state index is -0.113. The fourth-order valence-electron chi connectivity index (χ4n) is 1.91. The monoisotopic (exact) mass is 254 g/mol. The van der Waals surface area contributed by atoms with E-state index in [9.17, 15) is 9.70 Å². The molecule has 0 unspecified atom stereocenters. The SMILES string of the molecule is CCN(N=O)c1ccccc1C(=O)c1ccccc1. The molecular formula is C15H14N2O2. The summed E-state index contributed by atoms with van der Waals surface area (Å²) in [7, 11) is 0. The van der Waals surface area contributed by atoms with Gasteiger partial charge < -0.3 is 0 Å². The van der Waals surface area contributed by atoms with Crippen molar-refractivity contribution in [2.75, 3.05) is 11.6 Å². The largest absolute Gasteiger partial charge is 0.289 e. The normalized spacial score (nSPS) is 9.95. The zero-order valence-corrected chi connectivity index (χ0v) is 10.6. The predicted molar refractivity (Wildman–Crippen MR) is 75.1 cm³/mol. The van der Waals surface area contributed by atoms with Gasteiger partial charge in [0.05, 0.1) is 11.0 Å². The van der Waals surface area contributed by atoms with Crippen LogP contribution in [0.15, 0.2) is 59.9 Å². The highest BCUT2D eigenvalue weighted by Crippen LogP contribution is 2.23. The second kappa shape index (κ2) is 5.91. The van der Waals surface area contributed by atoms with Crippen molar-refractivity contribution in [2.24, 2.45) is 5.29 Å². The Kier molecular flexibility index (Phi) is 4.03. The lowest BCUT2D eigenvalue weighted by molar-refractivity contribution is 0.103. The van der Waals surface area contributed by atoms with Crippen LogP contribution in [0.1, 0.15) is 22.8 Å². The fourth-order valence-corrected chi connectivity index (χ4v) is 1.91. The summed E-state index contributed by atoms with van der Waals surface area (Å²) in [5.41, 5.74) is 1.61. The van der Waals surface area contributed by atoms with Crippen molar-refractivity contribution in [1.29, 1.82) is 0 Å². The first kappa shape index (κ1) is 13.0. The second-order valence-corrected chi connectivity index (χ2v) is 4.01. The van der Waals surface area contributed by atoms with Crippen molar-refractivity contribution in [3.63, 3.8) is 0 Å². The summed E-state index contributed by atoms with van der Waals surface area (Å²) >= 11 is 0. The number of anilines is 1. The quantitative estimate of drug-likeness (QED) is 0.466. The highest BCUT2D eigenvalue weighted by Gasteiger charge is 2.16. The third kappa shape index (κ3) is 2.68. The molecule has 0 fully saturated rings. The number of nitrogens with zero attached hydrogens (tertiary/aromatic N) is 2. The lowest BCUT2D eigenvalue weighted by Crippen LogP contribution is -2.17. The maximum Gasteiger partial charge on any atom is 0.195 e. The summed E-state index contributed by atoms with van der Waals surface area (Å²) < 4.78 is 0. The van der Waals surface area contributed by atoms with Crippen LogP contribution in [0.2, 0.25) is 0 Å². The van der Waals surface area contributed by atoms with E-state index in [1.165, 1.54) is 5.01 Å². The van der Waals surface area contributed by atoms with Gasteiger partial charge in [0, 0.05) is 17.7 Å². The molecule has 4 nitrogen and oxygen atoms in total. The molecule has 0 spiro atoms. The molecule has 0 N–H and O–H groups in total. The molecule has 96 valence electrons. The number of hydrogen-bond acceptors (Lipinski definition) is 3. The Labute approximate surface area is 111 Å². The van der Waals surface area contributed by atoms with Crippen molar-refractivity contribution in [1.82, 2.24) is 0 Å². The first-order valence-electron chi connectivity index (χ1n) is 6.07. The molecule has 0 aromatic heterocycles. The highest BCUT2D eigenvalue weighted by molar-refractivity contribution is 6.12. The highest BCUT2D eigenvalue weighted by atomic mass is 16.3. The molecule has 2 aromatic carbocycles. The standard InChI is InChI=1S/C15H14N2O2/c1-2-17(16-19)14-11-7-6-10-13(14)15(18)12-8-4-3-5-9-12/h3-11H,2H2,1H3. The number of ketones is 1. The van der Waals surface area contributed by atoms with E-state index in [2.05, 4.69) is 5.29 Å². The van der Waals surface area contributed by atoms with E-state index in [0.29, 0.717) is 23.4 Å². The van der Waals surface area contributed by atoms with Gasteiger partial charge in [-0.05, 0) is 19.1 Å². The van der Waals surface area contributed by atoms with E-state index in [0.717, 1.165) is 0 Å². The van der Waals surface area contributed by atoms with Gasteiger partial charge in [-0.2, -0.15) is 0 Å². The molecule has 0 atom stereocenters. The van der Waals surface area contributed by atoms with Crippen molar-refractivity contribution >= 4 is 11.5 Å². The Bertz CT molecular complexity index is 582. The first-order valence-corrected chi connectivity index (χ1v) is 6.07. The van der Waals surface area contributed by atoms with Crippen LogP contribution < -0.4 is 5.01 Å². The molecule has 0 heterocycles. The summed E-state index contributed by atoms with van der Waals surface area (Å²) in [6.45, 7) is 2.23. The van der Waals surface area contributed by atoms with Gasteiger partial charge in [-0.3, -0.25) is 4.79 Å². The molecule has 4 heteroatoms. The zero-order chi connectivity index (χ0) is 13.7. The van der Waals surface area contributed by atoms with Crippen LogP contribution in [0.3, 0.4) is 0 Å². The lowest BCUT2D eigenvalue weighted by atomic mass is 10.0. The molecule has 0 saturated carbocycles. The molecule has 0 aliphatic rings. The number of rotatable bonds is 5. The number of carbonyl (C=O) groups excluding carboxylic acids is 1. The van der Waals surface area contributed by atoms with Crippen LogP contribution in [0.25, 0.3) is 0 Å². The average molecular weight is 254 g/mol. The molecule has 0 radical (unpaired) electrons. The van der Waals surface area contributed by atoms with Gasteiger partial charge in [0.15, 0.2) is 5.78 Å². The Morgan fingerprint density at radius 1 is 1.05 bits per heavy atom. The summed E-state index contributed by atoms with van der Waals surface area (Å²) in [6.07, 6.45) is 0. The van der Waals surface area contributed by atoms with Gasteiger partial charge in [0.2, 0.25) is 0 Å². The third-order valence-corrected chi connectivity index (χ3v) is 2.86. The summed E-state index contributed by atoms with van der Waals surface area (Å²) in [4.78, 5) is 23.2. The molecule has 0 aliphatic heterocycles. The van der Waals surface area contributed by atoms with Crippen molar-refractivity contribution in [3.05, 3.63) is 70.6 Å². The van der Waals surface area contributed by atoms with E-state index in [-0.39, 0.29) is 5.78 Å². The van der Waals surface area contributed by atoms with Crippen molar-refractivity contribution in [2.45, 2.75) is 6.92 Å². The predicted octanol–water partition coefficient (Wildman–Crippen LogP) is 3.43. The number of carbonyl (C=O) groups is 1. The van der Waals surface area contributed by atoms with Crippen molar-refractivity contribution < 1.29 is 4.79 Å². The molecule has 0 aliphatic carbocycles. The molecule has 2 aromatic rings. The van der Waals surface area contributed by atoms with Gasteiger partial charge >= 0.3 is 0 Å². The minimum absolute atomic E-state index is 0.113. The Morgan fingerprint density at radius 2 is 1.68 bits per heavy atom. The maximum atomic E-state index is 12.4. The van der Waals surface area contributed by atoms with Crippen LogP contribution in [0, 0.1) is 4.91 Å². The van der Waals surface area contributed by atoms with Gasteiger partial charge in [-0.1, -0.05) is 42.5 Å². The number of hydrogen-bond donors (Lipinski definition) is 0. The van der Waals surface area contributed by atoms with Crippen LogP contribution in [-0.4, -0.2) is 12.3 Å². The third-order valence-electron chi connectivity index (χ3n) is 2.86. The van der Waals surface area contributed by atoms with E-state index < -0.39 is 0 Å². The van der Waals surface area contributed by atoms with E-state index in [1.807, 2.05) is 25.1 Å². The van der Waals surface area contributed by atoms with E-state index in [4.69, 9.17) is 0 Å². The van der Waals surface area contributed by atoms with Gasteiger partial charge in [0.25, 0.3) is 0 Å². The zero-order valence-electron chi connectivity index (χ0n) is 10.6. The lowest BCUT2D eigenvalue weighted by Gasteiger charge is -2.16. The second-order valence-electron chi connectivity index (χ2n) is 4.01. The first-order chi connectivity index (χ1) is 9.27. The molecule has 19 heavy (non-hydrogen) atoms. The molecular weight excluding hydrogens is 240 g/mol. The van der Waals surface area contributed by atoms with Crippen LogP contribution in [0.4, 0.5) is 5.69 Å². The number of nitroso groups, excluding NO2 is 1. The summed E-state index contributed by atoms with van der Waals surface area (Å²) in [5.74, 6) is -0.113.